The van der Waals surface area contributed by atoms with E-state index < -0.39 is 5.91 Å². The fraction of sp³-hybridized carbons (Fsp3) is 0.300. The van der Waals surface area contributed by atoms with Crippen LogP contribution in [0.3, 0.4) is 0 Å². The Morgan fingerprint density at radius 3 is 2.73 bits per heavy atom. The van der Waals surface area contributed by atoms with Crippen LogP contribution in [0.25, 0.3) is 6.08 Å². The van der Waals surface area contributed by atoms with Gasteiger partial charge in [-0.3, -0.25) is 4.79 Å². The minimum atomic E-state index is -0.453. The van der Waals surface area contributed by atoms with E-state index in [0.29, 0.717) is 30.5 Å². The molecule has 6 heteroatoms. The Morgan fingerprint density at radius 1 is 1.23 bits per heavy atom. The van der Waals surface area contributed by atoms with Crippen molar-refractivity contribution < 1.29 is 13.9 Å². The Balaban J connectivity index is 1.75. The molecule has 0 radical (unpaired) electrons. The van der Waals surface area contributed by atoms with Crippen LogP contribution in [0.15, 0.2) is 40.3 Å². The van der Waals surface area contributed by atoms with Crippen LogP contribution in [-0.4, -0.2) is 32.2 Å². The molecule has 6 nitrogen and oxygen atoms in total. The van der Waals surface area contributed by atoms with E-state index in [9.17, 15) is 10.1 Å². The predicted octanol–water partition coefficient (Wildman–Crippen LogP) is 3.28. The van der Waals surface area contributed by atoms with E-state index in [1.807, 2.05) is 44.2 Å². The quantitative estimate of drug-likeness (QED) is 0.675. The molecule has 134 valence electrons. The van der Waals surface area contributed by atoms with Crippen LogP contribution in [0.2, 0.25) is 0 Å². The summed E-state index contributed by atoms with van der Waals surface area (Å²) in [4.78, 5) is 14.5. The Morgan fingerprint density at radius 2 is 2.00 bits per heavy atom. The lowest BCUT2D eigenvalue weighted by Gasteiger charge is -2.26. The third-order valence-electron chi connectivity index (χ3n) is 4.23. The standard InChI is InChI=1S/C20H21N3O3/c1-14-3-4-15(2)18(11-14)22-20(24)16(13-21)12-17-5-6-19(26-17)23-7-9-25-10-8-23/h3-6,11-12H,7-10H2,1-2H3,(H,22,24)/b16-12-. The van der Waals surface area contributed by atoms with Crippen LogP contribution in [0.5, 0.6) is 0 Å². The van der Waals surface area contributed by atoms with Gasteiger partial charge >= 0.3 is 0 Å². The maximum Gasteiger partial charge on any atom is 0.266 e. The van der Waals surface area contributed by atoms with Crippen molar-refractivity contribution >= 4 is 23.6 Å². The van der Waals surface area contributed by atoms with Gasteiger partial charge in [0, 0.05) is 30.9 Å². The average molecular weight is 351 g/mol. The number of carbonyl (C=O) groups excluding carboxylic acids is 1. The molecule has 2 heterocycles. The zero-order valence-electron chi connectivity index (χ0n) is 14.9. The Labute approximate surface area is 152 Å². The molecule has 1 N–H and O–H groups in total. The van der Waals surface area contributed by atoms with Gasteiger partial charge in [-0.25, -0.2) is 0 Å². The number of morpholine rings is 1. The molecular formula is C20H21N3O3. The summed E-state index contributed by atoms with van der Waals surface area (Å²) in [6, 6.07) is 11.3. The van der Waals surface area contributed by atoms with Crippen LogP contribution in [0.1, 0.15) is 16.9 Å². The molecule has 1 aromatic carbocycles. The number of amides is 1. The maximum absolute atomic E-state index is 12.4. The molecule has 1 aliphatic heterocycles. The highest BCUT2D eigenvalue weighted by Gasteiger charge is 2.16. The number of hydrogen-bond donors (Lipinski definition) is 1. The summed E-state index contributed by atoms with van der Waals surface area (Å²) in [5.41, 5.74) is 2.67. The predicted molar refractivity (Wildman–Crippen MR) is 99.9 cm³/mol. The molecule has 1 amide bonds. The van der Waals surface area contributed by atoms with Crippen LogP contribution >= 0.6 is 0 Å². The SMILES string of the molecule is Cc1ccc(C)c(NC(=O)/C(C#N)=C\c2ccc(N3CCOCC3)o2)c1. The van der Waals surface area contributed by atoms with Crippen LogP contribution in [0.4, 0.5) is 11.6 Å². The molecule has 0 bridgehead atoms. The van der Waals surface area contributed by atoms with Gasteiger partial charge in [-0.1, -0.05) is 12.1 Å². The van der Waals surface area contributed by atoms with Gasteiger partial charge in [-0.2, -0.15) is 5.26 Å². The monoisotopic (exact) mass is 351 g/mol. The van der Waals surface area contributed by atoms with Gasteiger partial charge in [0.1, 0.15) is 17.4 Å². The van der Waals surface area contributed by atoms with E-state index in [0.717, 1.165) is 24.2 Å². The van der Waals surface area contributed by atoms with Crippen molar-refractivity contribution in [1.82, 2.24) is 0 Å². The molecule has 26 heavy (non-hydrogen) atoms. The normalized spacial score (nSPS) is 14.8. The highest BCUT2D eigenvalue weighted by molar-refractivity contribution is 6.09. The molecule has 1 fully saturated rings. The fourth-order valence-electron chi connectivity index (χ4n) is 2.72. The number of rotatable bonds is 4. The number of nitrogens with one attached hydrogen (secondary N) is 1. The third-order valence-corrected chi connectivity index (χ3v) is 4.23. The average Bonchev–Trinajstić information content (AvgIpc) is 3.12. The first kappa shape index (κ1) is 17.8. The maximum atomic E-state index is 12.4. The molecule has 0 atom stereocenters. The highest BCUT2D eigenvalue weighted by atomic mass is 16.5. The summed E-state index contributed by atoms with van der Waals surface area (Å²) in [6.45, 7) is 6.70. The van der Waals surface area contributed by atoms with Crippen LogP contribution in [-0.2, 0) is 9.53 Å². The second-order valence-electron chi connectivity index (χ2n) is 6.22. The number of carbonyl (C=O) groups is 1. The zero-order valence-corrected chi connectivity index (χ0v) is 14.9. The van der Waals surface area contributed by atoms with Crippen molar-refractivity contribution in [2.45, 2.75) is 13.8 Å². The minimum Gasteiger partial charge on any atom is -0.441 e. The molecule has 1 saturated heterocycles. The van der Waals surface area contributed by atoms with Gasteiger partial charge in [0.05, 0.1) is 13.2 Å². The van der Waals surface area contributed by atoms with Crippen molar-refractivity contribution in [3.63, 3.8) is 0 Å². The number of nitriles is 1. The Kier molecular flexibility index (Phi) is 5.40. The van der Waals surface area contributed by atoms with E-state index >= 15 is 0 Å². The molecule has 1 aromatic heterocycles. The molecule has 2 aromatic rings. The van der Waals surface area contributed by atoms with E-state index in [1.165, 1.54) is 6.08 Å². The summed E-state index contributed by atoms with van der Waals surface area (Å²) in [5, 5.41) is 12.2. The van der Waals surface area contributed by atoms with E-state index in [1.54, 1.807) is 6.07 Å². The first-order valence-electron chi connectivity index (χ1n) is 8.50. The summed E-state index contributed by atoms with van der Waals surface area (Å²) >= 11 is 0. The number of furan rings is 1. The Bertz CT molecular complexity index is 871. The van der Waals surface area contributed by atoms with Crippen LogP contribution in [0, 0.1) is 25.2 Å². The molecular weight excluding hydrogens is 330 g/mol. The number of anilines is 2. The van der Waals surface area contributed by atoms with Gasteiger partial charge in [-0.05, 0) is 37.1 Å². The third kappa shape index (κ3) is 4.13. The minimum absolute atomic E-state index is 0.00576. The van der Waals surface area contributed by atoms with Crippen LogP contribution < -0.4 is 10.2 Å². The Hall–Kier alpha value is -3.04. The second kappa shape index (κ2) is 7.89. The molecule has 3 rings (SSSR count). The number of benzene rings is 1. The number of aryl methyl sites for hydroxylation is 2. The molecule has 0 aliphatic carbocycles. The van der Waals surface area contributed by atoms with Crippen molar-refractivity contribution in [1.29, 1.82) is 5.26 Å². The van der Waals surface area contributed by atoms with Gasteiger partial charge in [0.15, 0.2) is 5.88 Å². The summed E-state index contributed by atoms with van der Waals surface area (Å²) < 4.78 is 11.1. The number of hydrogen-bond acceptors (Lipinski definition) is 5. The van der Waals surface area contributed by atoms with Gasteiger partial charge < -0.3 is 19.4 Å². The number of nitrogens with zero attached hydrogens (tertiary/aromatic N) is 2. The summed E-state index contributed by atoms with van der Waals surface area (Å²) in [5.74, 6) is 0.733. The first-order chi connectivity index (χ1) is 12.6. The smallest absolute Gasteiger partial charge is 0.266 e. The van der Waals surface area contributed by atoms with Crippen molar-refractivity contribution in [3.05, 3.63) is 52.8 Å². The zero-order chi connectivity index (χ0) is 18.5. The lowest BCUT2D eigenvalue weighted by atomic mass is 10.1. The van der Waals surface area contributed by atoms with Crippen molar-refractivity contribution in [3.8, 4) is 6.07 Å². The van der Waals surface area contributed by atoms with Crippen molar-refractivity contribution in [2.75, 3.05) is 36.5 Å². The first-order valence-corrected chi connectivity index (χ1v) is 8.50. The van der Waals surface area contributed by atoms with E-state index in [-0.39, 0.29) is 5.57 Å². The van der Waals surface area contributed by atoms with Crippen molar-refractivity contribution in [2.24, 2.45) is 0 Å². The fourth-order valence-corrected chi connectivity index (χ4v) is 2.72. The summed E-state index contributed by atoms with van der Waals surface area (Å²) in [7, 11) is 0. The molecule has 0 unspecified atom stereocenters. The summed E-state index contributed by atoms with van der Waals surface area (Å²) in [6.07, 6.45) is 1.46. The molecule has 0 saturated carbocycles. The second-order valence-corrected chi connectivity index (χ2v) is 6.22. The lowest BCUT2D eigenvalue weighted by molar-refractivity contribution is -0.112. The van der Waals surface area contributed by atoms with Gasteiger partial charge in [0.2, 0.25) is 0 Å². The highest BCUT2D eigenvalue weighted by Crippen LogP contribution is 2.22. The van der Waals surface area contributed by atoms with Gasteiger partial charge in [0.25, 0.3) is 5.91 Å². The largest absolute Gasteiger partial charge is 0.441 e. The van der Waals surface area contributed by atoms with E-state index in [4.69, 9.17) is 9.15 Å². The molecule has 0 spiro atoms. The topological polar surface area (TPSA) is 78.5 Å². The van der Waals surface area contributed by atoms with Gasteiger partial charge in [-0.15, -0.1) is 0 Å². The van der Waals surface area contributed by atoms with E-state index in [2.05, 4.69) is 10.2 Å². The number of ether oxygens (including phenoxy) is 1. The lowest BCUT2D eigenvalue weighted by Crippen LogP contribution is -2.35. The molecule has 1 aliphatic rings.